The number of ether oxygens (including phenoxy) is 2. The van der Waals surface area contributed by atoms with Crippen LogP contribution in [0.3, 0.4) is 0 Å². The molecular formula is C13H19Cl2NO2. The number of rotatable bonds is 6. The van der Waals surface area contributed by atoms with Gasteiger partial charge in [-0.15, -0.1) is 0 Å². The molecule has 0 atom stereocenters. The van der Waals surface area contributed by atoms with Crippen LogP contribution in [0.4, 0.5) is 0 Å². The Bertz CT molecular complexity index is 408. The molecule has 18 heavy (non-hydrogen) atoms. The van der Waals surface area contributed by atoms with Crippen molar-refractivity contribution >= 4 is 23.2 Å². The van der Waals surface area contributed by atoms with Crippen LogP contribution in [0.5, 0.6) is 5.75 Å². The summed E-state index contributed by atoms with van der Waals surface area (Å²) in [4.78, 5) is 0. The molecule has 0 saturated carbocycles. The normalized spacial score (nSPS) is 11.7. The molecule has 0 unspecified atom stereocenters. The molecule has 2 N–H and O–H groups in total. The van der Waals surface area contributed by atoms with E-state index in [1.54, 1.807) is 19.2 Å². The van der Waals surface area contributed by atoms with E-state index in [4.69, 9.17) is 38.4 Å². The van der Waals surface area contributed by atoms with Crippen LogP contribution in [-0.4, -0.2) is 19.3 Å². The fourth-order valence-corrected chi connectivity index (χ4v) is 2.02. The molecule has 1 rings (SSSR count). The van der Waals surface area contributed by atoms with E-state index in [0.717, 1.165) is 12.0 Å². The van der Waals surface area contributed by atoms with Crippen molar-refractivity contribution in [1.29, 1.82) is 0 Å². The van der Waals surface area contributed by atoms with E-state index in [1.807, 2.05) is 13.8 Å². The van der Waals surface area contributed by atoms with Gasteiger partial charge in [0.15, 0.2) is 0 Å². The highest BCUT2D eigenvalue weighted by Crippen LogP contribution is 2.32. The van der Waals surface area contributed by atoms with Gasteiger partial charge in [0, 0.05) is 30.7 Å². The Morgan fingerprint density at radius 3 is 2.50 bits per heavy atom. The maximum Gasteiger partial charge on any atom is 0.142 e. The van der Waals surface area contributed by atoms with Crippen LogP contribution in [0.15, 0.2) is 12.1 Å². The van der Waals surface area contributed by atoms with Gasteiger partial charge in [0.25, 0.3) is 0 Å². The molecular weight excluding hydrogens is 273 g/mol. The average molecular weight is 292 g/mol. The van der Waals surface area contributed by atoms with E-state index in [2.05, 4.69) is 0 Å². The van der Waals surface area contributed by atoms with Gasteiger partial charge in [-0.1, -0.05) is 23.2 Å². The van der Waals surface area contributed by atoms with E-state index < -0.39 is 0 Å². The third-order valence-corrected chi connectivity index (χ3v) is 3.31. The van der Waals surface area contributed by atoms with E-state index in [1.165, 1.54) is 0 Å². The molecule has 0 aromatic heterocycles. The van der Waals surface area contributed by atoms with Gasteiger partial charge in [0.2, 0.25) is 0 Å². The van der Waals surface area contributed by atoms with Crippen molar-refractivity contribution in [2.75, 3.05) is 13.7 Å². The first-order valence-electron chi connectivity index (χ1n) is 5.75. The van der Waals surface area contributed by atoms with Crippen molar-refractivity contribution < 1.29 is 9.47 Å². The lowest BCUT2D eigenvalue weighted by Crippen LogP contribution is -2.25. The van der Waals surface area contributed by atoms with Gasteiger partial charge in [-0.25, -0.2) is 0 Å². The fourth-order valence-electron chi connectivity index (χ4n) is 1.43. The zero-order valence-electron chi connectivity index (χ0n) is 10.9. The predicted molar refractivity (Wildman–Crippen MR) is 75.6 cm³/mol. The Hall–Kier alpha value is -0.480. The molecule has 0 aliphatic rings. The molecule has 0 radical (unpaired) electrons. The molecule has 0 spiro atoms. The van der Waals surface area contributed by atoms with Crippen molar-refractivity contribution in [2.45, 2.75) is 32.4 Å². The van der Waals surface area contributed by atoms with E-state index >= 15 is 0 Å². The van der Waals surface area contributed by atoms with E-state index in [9.17, 15) is 0 Å². The summed E-state index contributed by atoms with van der Waals surface area (Å²) < 4.78 is 11.0. The van der Waals surface area contributed by atoms with Crippen LogP contribution >= 0.6 is 23.2 Å². The third kappa shape index (κ3) is 4.32. The maximum atomic E-state index is 6.10. The summed E-state index contributed by atoms with van der Waals surface area (Å²) in [5, 5.41) is 1.04. The summed E-state index contributed by atoms with van der Waals surface area (Å²) in [5.74, 6) is 0.607. The number of methoxy groups -OCH3 is 1. The van der Waals surface area contributed by atoms with Gasteiger partial charge in [0.1, 0.15) is 5.75 Å². The first-order valence-corrected chi connectivity index (χ1v) is 6.51. The quantitative estimate of drug-likeness (QED) is 0.870. The smallest absolute Gasteiger partial charge is 0.142 e. The monoisotopic (exact) mass is 291 g/mol. The van der Waals surface area contributed by atoms with Gasteiger partial charge in [-0.3, -0.25) is 0 Å². The summed E-state index contributed by atoms with van der Waals surface area (Å²) in [5.41, 5.74) is 6.24. The van der Waals surface area contributed by atoms with Crippen molar-refractivity contribution in [3.8, 4) is 5.75 Å². The number of benzene rings is 1. The van der Waals surface area contributed by atoms with Crippen molar-refractivity contribution in [1.82, 2.24) is 0 Å². The zero-order valence-corrected chi connectivity index (χ0v) is 12.4. The molecule has 1 aromatic rings. The fraction of sp³-hybridized carbons (Fsp3) is 0.538. The number of halogens is 2. The topological polar surface area (TPSA) is 44.5 Å². The Kier molecular flexibility index (Phi) is 5.73. The molecule has 0 bridgehead atoms. The molecule has 0 aliphatic carbocycles. The SMILES string of the molecule is COC(C)(C)CCOc1c(Cl)cc(Cl)cc1CN. The van der Waals surface area contributed by atoms with Crippen LogP contribution in [-0.2, 0) is 11.3 Å². The molecule has 1 aromatic carbocycles. The first-order chi connectivity index (χ1) is 8.39. The van der Waals surface area contributed by atoms with Gasteiger partial charge in [0.05, 0.1) is 17.2 Å². The minimum absolute atomic E-state index is 0.220. The Morgan fingerprint density at radius 1 is 1.28 bits per heavy atom. The van der Waals surface area contributed by atoms with Crippen LogP contribution in [0.25, 0.3) is 0 Å². The lowest BCUT2D eigenvalue weighted by molar-refractivity contribution is 0.00538. The van der Waals surface area contributed by atoms with Crippen LogP contribution in [0, 0.1) is 0 Å². The van der Waals surface area contributed by atoms with E-state index in [0.29, 0.717) is 28.9 Å². The second kappa shape index (κ2) is 6.62. The standard InChI is InChI=1S/C13H19Cl2NO2/c1-13(2,17-3)4-5-18-12-9(8-16)6-10(14)7-11(12)15/h6-7H,4-5,8,16H2,1-3H3. The molecule has 0 amide bonds. The molecule has 3 nitrogen and oxygen atoms in total. The Balaban J connectivity index is 2.73. The Labute approximate surface area is 118 Å². The lowest BCUT2D eigenvalue weighted by atomic mass is 10.1. The lowest BCUT2D eigenvalue weighted by Gasteiger charge is -2.23. The van der Waals surface area contributed by atoms with Crippen molar-refractivity contribution in [2.24, 2.45) is 5.73 Å². The van der Waals surface area contributed by atoms with Crippen LogP contribution in [0.1, 0.15) is 25.8 Å². The molecule has 0 fully saturated rings. The van der Waals surface area contributed by atoms with Gasteiger partial charge < -0.3 is 15.2 Å². The van der Waals surface area contributed by atoms with Gasteiger partial charge in [-0.05, 0) is 26.0 Å². The van der Waals surface area contributed by atoms with E-state index in [-0.39, 0.29) is 5.60 Å². The number of hydrogen-bond acceptors (Lipinski definition) is 3. The maximum absolute atomic E-state index is 6.10. The van der Waals surface area contributed by atoms with Crippen molar-refractivity contribution in [3.63, 3.8) is 0 Å². The summed E-state index contributed by atoms with van der Waals surface area (Å²) >= 11 is 12.0. The molecule has 0 saturated heterocycles. The molecule has 102 valence electrons. The number of nitrogens with two attached hydrogens (primary N) is 1. The third-order valence-electron chi connectivity index (χ3n) is 2.81. The molecule has 5 heteroatoms. The van der Waals surface area contributed by atoms with Crippen molar-refractivity contribution in [3.05, 3.63) is 27.7 Å². The highest BCUT2D eigenvalue weighted by Gasteiger charge is 2.17. The van der Waals surface area contributed by atoms with Gasteiger partial charge in [-0.2, -0.15) is 0 Å². The predicted octanol–water partition coefficient (Wildman–Crippen LogP) is 3.65. The van der Waals surface area contributed by atoms with Crippen LogP contribution in [0.2, 0.25) is 10.0 Å². The van der Waals surface area contributed by atoms with Crippen LogP contribution < -0.4 is 10.5 Å². The molecule has 0 aliphatic heterocycles. The summed E-state index contributed by atoms with van der Waals surface area (Å²) in [6, 6.07) is 3.42. The first kappa shape index (κ1) is 15.6. The summed E-state index contributed by atoms with van der Waals surface area (Å²) in [6.07, 6.45) is 0.756. The largest absolute Gasteiger partial charge is 0.492 e. The van der Waals surface area contributed by atoms with Gasteiger partial charge >= 0.3 is 0 Å². The highest BCUT2D eigenvalue weighted by atomic mass is 35.5. The Morgan fingerprint density at radius 2 is 1.94 bits per heavy atom. The summed E-state index contributed by atoms with van der Waals surface area (Å²) in [6.45, 7) is 4.85. The minimum Gasteiger partial charge on any atom is -0.492 e. The average Bonchev–Trinajstić information content (AvgIpc) is 2.31. The second-order valence-corrected chi connectivity index (χ2v) is 5.49. The highest BCUT2D eigenvalue weighted by molar-refractivity contribution is 6.35. The zero-order chi connectivity index (χ0) is 13.8. The number of hydrogen-bond donors (Lipinski definition) is 1. The molecule has 0 heterocycles. The summed E-state index contributed by atoms with van der Waals surface area (Å²) in [7, 11) is 1.68. The minimum atomic E-state index is -0.220. The second-order valence-electron chi connectivity index (χ2n) is 4.64.